The molecule has 0 aromatic heterocycles. The summed E-state index contributed by atoms with van der Waals surface area (Å²) in [6.45, 7) is 0. The van der Waals surface area contributed by atoms with Crippen LogP contribution in [0, 0.1) is 0 Å². The summed E-state index contributed by atoms with van der Waals surface area (Å²) in [5.41, 5.74) is 4.23. The number of hydrogen-bond donors (Lipinski definition) is 0. The van der Waals surface area contributed by atoms with Gasteiger partial charge >= 0.3 is 0 Å². The molecule has 0 bridgehead atoms. The zero-order valence-corrected chi connectivity index (χ0v) is 11.5. The van der Waals surface area contributed by atoms with Gasteiger partial charge in [-0.1, -0.05) is 54.2 Å². The summed E-state index contributed by atoms with van der Waals surface area (Å²) in [7, 11) is 2.17. The molecule has 2 aromatic carbocycles. The monoisotopic (exact) mass is 266 g/mol. The first-order valence-corrected chi connectivity index (χ1v) is 7.27. The van der Waals surface area contributed by atoms with Crippen molar-refractivity contribution in [3.05, 3.63) is 66.4 Å². The van der Waals surface area contributed by atoms with Crippen LogP contribution in [0.4, 0.5) is 5.69 Å². The number of anilines is 1. The SMILES string of the molecule is CN1C(c2ccccc2)=CN2c3ccccc3SC12. The maximum Gasteiger partial charge on any atom is 0.159 e. The van der Waals surface area contributed by atoms with Crippen molar-refractivity contribution in [1.82, 2.24) is 4.90 Å². The van der Waals surface area contributed by atoms with E-state index in [1.165, 1.54) is 21.8 Å². The predicted octanol–water partition coefficient (Wildman–Crippen LogP) is 3.83. The van der Waals surface area contributed by atoms with Gasteiger partial charge in [0.1, 0.15) is 0 Å². The Morgan fingerprint density at radius 2 is 1.68 bits per heavy atom. The Balaban J connectivity index is 1.78. The zero-order valence-electron chi connectivity index (χ0n) is 10.7. The van der Waals surface area contributed by atoms with Crippen LogP contribution in [0.5, 0.6) is 0 Å². The highest BCUT2D eigenvalue weighted by Gasteiger charge is 2.37. The first kappa shape index (κ1) is 11.0. The van der Waals surface area contributed by atoms with E-state index in [0.29, 0.717) is 5.50 Å². The first-order chi connectivity index (χ1) is 9.34. The molecule has 0 aliphatic carbocycles. The second-order valence-electron chi connectivity index (χ2n) is 4.81. The van der Waals surface area contributed by atoms with Crippen LogP contribution in [-0.4, -0.2) is 17.4 Å². The van der Waals surface area contributed by atoms with Gasteiger partial charge in [-0.3, -0.25) is 0 Å². The molecule has 94 valence electrons. The summed E-state index contributed by atoms with van der Waals surface area (Å²) in [6, 6.07) is 19.2. The van der Waals surface area contributed by atoms with Crippen molar-refractivity contribution in [1.29, 1.82) is 0 Å². The van der Waals surface area contributed by atoms with Crippen LogP contribution in [0.2, 0.25) is 0 Å². The highest BCUT2D eigenvalue weighted by atomic mass is 32.2. The minimum atomic E-state index is 0.354. The molecule has 2 nitrogen and oxygen atoms in total. The van der Waals surface area contributed by atoms with Crippen LogP contribution >= 0.6 is 11.8 Å². The molecule has 2 heterocycles. The summed E-state index contributed by atoms with van der Waals surface area (Å²) in [6.07, 6.45) is 2.26. The van der Waals surface area contributed by atoms with Gasteiger partial charge in [0.2, 0.25) is 0 Å². The Morgan fingerprint density at radius 1 is 0.947 bits per heavy atom. The average molecular weight is 266 g/mol. The largest absolute Gasteiger partial charge is 0.344 e. The minimum Gasteiger partial charge on any atom is -0.344 e. The van der Waals surface area contributed by atoms with Crippen molar-refractivity contribution >= 4 is 23.1 Å². The Labute approximate surface area is 117 Å². The molecule has 0 N–H and O–H groups in total. The van der Waals surface area contributed by atoms with E-state index in [1.807, 2.05) is 11.8 Å². The molecule has 19 heavy (non-hydrogen) atoms. The first-order valence-electron chi connectivity index (χ1n) is 6.39. The lowest BCUT2D eigenvalue weighted by Gasteiger charge is -2.24. The van der Waals surface area contributed by atoms with Crippen LogP contribution in [0.15, 0.2) is 65.7 Å². The molecular weight excluding hydrogens is 252 g/mol. The molecule has 1 atom stereocenters. The van der Waals surface area contributed by atoms with Gasteiger partial charge in [-0.2, -0.15) is 0 Å². The fraction of sp³-hybridized carbons (Fsp3) is 0.125. The molecule has 3 heteroatoms. The zero-order chi connectivity index (χ0) is 12.8. The van der Waals surface area contributed by atoms with Gasteiger partial charge in [0.15, 0.2) is 5.50 Å². The number of thioether (sulfide) groups is 1. The molecule has 0 radical (unpaired) electrons. The minimum absolute atomic E-state index is 0.354. The van der Waals surface area contributed by atoms with Gasteiger partial charge in [0.05, 0.1) is 11.4 Å². The molecule has 2 aliphatic rings. The topological polar surface area (TPSA) is 6.48 Å². The number of para-hydroxylation sites is 1. The molecule has 4 rings (SSSR count). The standard InChI is InChI=1S/C16H14N2S/c1-17-14(12-7-3-2-4-8-12)11-18-13-9-5-6-10-15(13)19-16(17)18/h2-11,16H,1H3. The third kappa shape index (κ3) is 1.58. The van der Waals surface area contributed by atoms with Crippen molar-refractivity contribution in [3.8, 4) is 0 Å². The molecule has 0 saturated heterocycles. The number of rotatable bonds is 1. The summed E-state index contributed by atoms with van der Waals surface area (Å²) in [4.78, 5) is 6.07. The van der Waals surface area contributed by atoms with E-state index in [9.17, 15) is 0 Å². The molecule has 0 fully saturated rings. The number of nitrogens with zero attached hydrogens (tertiary/aromatic N) is 2. The average Bonchev–Trinajstić information content (AvgIpc) is 2.98. The van der Waals surface area contributed by atoms with Crippen LogP contribution in [-0.2, 0) is 0 Å². The van der Waals surface area contributed by atoms with E-state index in [0.717, 1.165) is 0 Å². The van der Waals surface area contributed by atoms with Crippen molar-refractivity contribution in [3.63, 3.8) is 0 Å². The fourth-order valence-corrected chi connectivity index (χ4v) is 3.93. The van der Waals surface area contributed by atoms with E-state index < -0.39 is 0 Å². The third-order valence-electron chi connectivity index (χ3n) is 3.66. The highest BCUT2D eigenvalue weighted by molar-refractivity contribution is 8.00. The fourth-order valence-electron chi connectivity index (χ4n) is 2.69. The van der Waals surface area contributed by atoms with Crippen molar-refractivity contribution in [2.75, 3.05) is 11.9 Å². The lowest BCUT2D eigenvalue weighted by Crippen LogP contribution is -2.30. The Hall–Kier alpha value is -1.87. The van der Waals surface area contributed by atoms with Gasteiger partial charge in [-0.05, 0) is 17.7 Å². The molecule has 1 unspecified atom stereocenters. The lowest BCUT2D eigenvalue weighted by atomic mass is 10.1. The summed E-state index contributed by atoms with van der Waals surface area (Å²) in [5, 5.41) is 0. The van der Waals surface area contributed by atoms with Gasteiger partial charge in [-0.15, -0.1) is 0 Å². The molecule has 0 saturated carbocycles. The Kier molecular flexibility index (Phi) is 2.35. The van der Waals surface area contributed by atoms with E-state index >= 15 is 0 Å². The van der Waals surface area contributed by atoms with Gasteiger partial charge < -0.3 is 9.80 Å². The third-order valence-corrected chi connectivity index (χ3v) is 5.01. The van der Waals surface area contributed by atoms with E-state index in [4.69, 9.17) is 0 Å². The summed E-state index contributed by atoms with van der Waals surface area (Å²) >= 11 is 1.91. The number of hydrogen-bond acceptors (Lipinski definition) is 3. The molecule has 2 aliphatic heterocycles. The summed E-state index contributed by atoms with van der Waals surface area (Å²) in [5.74, 6) is 0. The number of fused-ring (bicyclic) bond motifs is 3. The Bertz CT molecular complexity index is 651. The van der Waals surface area contributed by atoms with Crippen molar-refractivity contribution in [2.45, 2.75) is 10.4 Å². The van der Waals surface area contributed by atoms with E-state index in [2.05, 4.69) is 77.6 Å². The maximum atomic E-state index is 2.36. The van der Waals surface area contributed by atoms with Gasteiger partial charge in [0.25, 0.3) is 0 Å². The Morgan fingerprint density at radius 3 is 2.53 bits per heavy atom. The van der Waals surface area contributed by atoms with Crippen molar-refractivity contribution in [2.24, 2.45) is 0 Å². The molecule has 0 amide bonds. The van der Waals surface area contributed by atoms with E-state index in [-0.39, 0.29) is 0 Å². The molecular formula is C16H14N2S. The summed E-state index contributed by atoms with van der Waals surface area (Å²) < 4.78 is 0. The normalized spacial score (nSPS) is 20.3. The lowest BCUT2D eigenvalue weighted by molar-refractivity contribution is 0.484. The molecule has 2 aromatic rings. The number of benzene rings is 2. The van der Waals surface area contributed by atoms with Crippen LogP contribution < -0.4 is 4.90 Å². The smallest absolute Gasteiger partial charge is 0.159 e. The van der Waals surface area contributed by atoms with E-state index in [1.54, 1.807) is 0 Å². The maximum absolute atomic E-state index is 2.36. The van der Waals surface area contributed by atoms with Crippen molar-refractivity contribution < 1.29 is 0 Å². The quantitative estimate of drug-likeness (QED) is 0.774. The van der Waals surface area contributed by atoms with Gasteiger partial charge in [0, 0.05) is 18.1 Å². The second kappa shape index (κ2) is 4.07. The second-order valence-corrected chi connectivity index (χ2v) is 5.91. The predicted molar refractivity (Wildman–Crippen MR) is 80.7 cm³/mol. The highest BCUT2D eigenvalue weighted by Crippen LogP contribution is 2.49. The van der Waals surface area contributed by atoms with Crippen LogP contribution in [0.25, 0.3) is 5.70 Å². The van der Waals surface area contributed by atoms with Crippen LogP contribution in [0.3, 0.4) is 0 Å². The van der Waals surface area contributed by atoms with Gasteiger partial charge in [-0.25, -0.2) is 0 Å². The molecule has 0 spiro atoms. The van der Waals surface area contributed by atoms with Crippen LogP contribution in [0.1, 0.15) is 5.56 Å².